The molecule has 0 spiro atoms. The Morgan fingerprint density at radius 1 is 1.38 bits per heavy atom. The van der Waals surface area contributed by atoms with E-state index in [1.165, 1.54) is 15.8 Å². The first-order valence-electron chi connectivity index (χ1n) is 7.04. The number of carboxylic acid groups (broad SMARTS) is 1. The predicted octanol–water partition coefficient (Wildman–Crippen LogP) is 1.98. The van der Waals surface area contributed by atoms with E-state index in [0.717, 1.165) is 6.42 Å². The lowest BCUT2D eigenvalue weighted by molar-refractivity contribution is -0.147. The first-order chi connectivity index (χ1) is 9.97. The van der Waals surface area contributed by atoms with Crippen LogP contribution in [0.15, 0.2) is 24.3 Å². The van der Waals surface area contributed by atoms with Crippen LogP contribution in [0, 0.1) is 6.92 Å². The third kappa shape index (κ3) is 3.09. The molecule has 1 aromatic heterocycles. The van der Waals surface area contributed by atoms with Gasteiger partial charge in [-0.2, -0.15) is 0 Å². The number of aryl methyl sites for hydroxylation is 3. The van der Waals surface area contributed by atoms with Crippen LogP contribution in [-0.4, -0.2) is 31.3 Å². The van der Waals surface area contributed by atoms with Gasteiger partial charge in [0.15, 0.2) is 11.4 Å². The molecule has 6 heteroatoms. The number of nitrogens with zero attached hydrogens (tertiary/aromatic N) is 4. The van der Waals surface area contributed by atoms with E-state index in [2.05, 4.69) is 27.7 Å². The molecule has 2 aromatic rings. The Bertz CT molecular complexity index is 638. The summed E-state index contributed by atoms with van der Waals surface area (Å²) in [6.07, 6.45) is 1.81. The predicted molar refractivity (Wildman–Crippen MR) is 78.0 cm³/mol. The van der Waals surface area contributed by atoms with Crippen molar-refractivity contribution in [3.05, 3.63) is 41.2 Å². The second-order valence-corrected chi connectivity index (χ2v) is 5.43. The van der Waals surface area contributed by atoms with Gasteiger partial charge in [0, 0.05) is 6.42 Å². The molecule has 6 nitrogen and oxygen atoms in total. The fourth-order valence-electron chi connectivity index (χ4n) is 2.26. The van der Waals surface area contributed by atoms with Crippen LogP contribution in [-0.2, 0) is 23.2 Å². The molecular formula is C15H20N4O2. The molecule has 1 aromatic carbocycles. The molecule has 0 aliphatic carbocycles. The first kappa shape index (κ1) is 15.2. The topological polar surface area (TPSA) is 80.9 Å². The van der Waals surface area contributed by atoms with E-state index in [1.807, 2.05) is 26.0 Å². The maximum absolute atomic E-state index is 11.5. The zero-order valence-corrected chi connectivity index (χ0v) is 12.6. The van der Waals surface area contributed by atoms with Gasteiger partial charge in [0.1, 0.15) is 0 Å². The van der Waals surface area contributed by atoms with Gasteiger partial charge in [0.2, 0.25) is 0 Å². The Balaban J connectivity index is 2.19. The highest BCUT2D eigenvalue weighted by atomic mass is 16.4. The van der Waals surface area contributed by atoms with Crippen molar-refractivity contribution >= 4 is 5.97 Å². The summed E-state index contributed by atoms with van der Waals surface area (Å²) in [5.74, 6) is -0.322. The molecule has 1 N–H and O–H groups in total. The van der Waals surface area contributed by atoms with Gasteiger partial charge in [0.25, 0.3) is 0 Å². The van der Waals surface area contributed by atoms with Crippen molar-refractivity contribution in [1.29, 1.82) is 0 Å². The SMILES string of the molecule is CCC(C)(C(=O)O)n1nnnc1CCc1cccc(C)c1. The molecule has 1 unspecified atom stereocenters. The zero-order chi connectivity index (χ0) is 15.5. The summed E-state index contributed by atoms with van der Waals surface area (Å²) in [5.41, 5.74) is 1.29. The van der Waals surface area contributed by atoms with E-state index in [0.29, 0.717) is 18.7 Å². The summed E-state index contributed by atoms with van der Waals surface area (Å²) in [7, 11) is 0. The average molecular weight is 288 g/mol. The average Bonchev–Trinajstić information content (AvgIpc) is 2.93. The number of aliphatic carboxylic acids is 1. The molecule has 0 aliphatic rings. The summed E-state index contributed by atoms with van der Waals surface area (Å²) in [5, 5.41) is 21.0. The first-order valence-corrected chi connectivity index (χ1v) is 7.04. The summed E-state index contributed by atoms with van der Waals surface area (Å²) in [6, 6.07) is 8.23. The summed E-state index contributed by atoms with van der Waals surface area (Å²) < 4.78 is 1.44. The third-order valence-corrected chi connectivity index (χ3v) is 3.87. The van der Waals surface area contributed by atoms with Gasteiger partial charge in [-0.25, -0.2) is 9.48 Å². The minimum atomic E-state index is -1.11. The Labute approximate surface area is 123 Å². The van der Waals surface area contributed by atoms with E-state index in [9.17, 15) is 9.90 Å². The number of aromatic nitrogens is 4. The standard InChI is InChI=1S/C15H20N4O2/c1-4-15(3,14(20)21)19-13(16-17-18-19)9-8-12-7-5-6-11(2)10-12/h5-7,10H,4,8-9H2,1-3H3,(H,20,21). The highest BCUT2D eigenvalue weighted by Crippen LogP contribution is 2.21. The molecule has 0 saturated carbocycles. The van der Waals surface area contributed by atoms with E-state index in [1.54, 1.807) is 6.92 Å². The van der Waals surface area contributed by atoms with Crippen LogP contribution in [0.2, 0.25) is 0 Å². The van der Waals surface area contributed by atoms with Crippen LogP contribution >= 0.6 is 0 Å². The molecule has 112 valence electrons. The van der Waals surface area contributed by atoms with E-state index < -0.39 is 11.5 Å². The Kier molecular flexibility index (Phi) is 4.35. The van der Waals surface area contributed by atoms with Gasteiger partial charge in [-0.1, -0.05) is 36.8 Å². The zero-order valence-electron chi connectivity index (χ0n) is 12.6. The van der Waals surface area contributed by atoms with Crippen LogP contribution < -0.4 is 0 Å². The number of carboxylic acids is 1. The lowest BCUT2D eigenvalue weighted by atomic mass is 9.99. The summed E-state index contributed by atoms with van der Waals surface area (Å²) in [4.78, 5) is 11.5. The second-order valence-electron chi connectivity index (χ2n) is 5.43. The second kappa shape index (κ2) is 6.03. The van der Waals surface area contributed by atoms with Gasteiger partial charge in [-0.3, -0.25) is 0 Å². The third-order valence-electron chi connectivity index (χ3n) is 3.87. The summed E-state index contributed by atoms with van der Waals surface area (Å²) >= 11 is 0. The number of rotatable bonds is 6. The smallest absolute Gasteiger partial charge is 0.331 e. The number of hydrogen-bond donors (Lipinski definition) is 1. The molecule has 1 atom stereocenters. The van der Waals surface area contributed by atoms with Gasteiger partial charge in [0.05, 0.1) is 0 Å². The van der Waals surface area contributed by atoms with Crippen LogP contribution in [0.3, 0.4) is 0 Å². The monoisotopic (exact) mass is 288 g/mol. The van der Waals surface area contributed by atoms with E-state index in [4.69, 9.17) is 0 Å². The Morgan fingerprint density at radius 2 is 2.14 bits per heavy atom. The van der Waals surface area contributed by atoms with Gasteiger partial charge >= 0.3 is 5.97 Å². The van der Waals surface area contributed by atoms with Crippen molar-refractivity contribution in [2.75, 3.05) is 0 Å². The molecular weight excluding hydrogens is 268 g/mol. The minimum Gasteiger partial charge on any atom is -0.479 e. The van der Waals surface area contributed by atoms with Crippen molar-refractivity contribution in [2.45, 2.75) is 45.6 Å². The van der Waals surface area contributed by atoms with Crippen LogP contribution in [0.5, 0.6) is 0 Å². The molecule has 21 heavy (non-hydrogen) atoms. The largest absolute Gasteiger partial charge is 0.479 e. The van der Waals surface area contributed by atoms with Gasteiger partial charge < -0.3 is 5.11 Å². The van der Waals surface area contributed by atoms with Crippen LogP contribution in [0.1, 0.15) is 37.2 Å². The molecule has 0 bridgehead atoms. The van der Waals surface area contributed by atoms with Crippen molar-refractivity contribution in [1.82, 2.24) is 20.2 Å². The van der Waals surface area contributed by atoms with Crippen LogP contribution in [0.25, 0.3) is 0 Å². The van der Waals surface area contributed by atoms with Gasteiger partial charge in [-0.15, -0.1) is 5.10 Å². The minimum absolute atomic E-state index is 0.421. The lowest BCUT2D eigenvalue weighted by Crippen LogP contribution is -2.40. The van der Waals surface area contributed by atoms with Crippen molar-refractivity contribution < 1.29 is 9.90 Å². The maximum Gasteiger partial charge on any atom is 0.331 e. The fraction of sp³-hybridized carbons (Fsp3) is 0.467. The van der Waals surface area contributed by atoms with E-state index in [-0.39, 0.29) is 0 Å². The molecule has 0 radical (unpaired) electrons. The number of hydrogen-bond acceptors (Lipinski definition) is 4. The quantitative estimate of drug-likeness (QED) is 0.879. The normalized spacial score (nSPS) is 13.9. The molecule has 2 rings (SSSR count). The highest BCUT2D eigenvalue weighted by Gasteiger charge is 2.36. The van der Waals surface area contributed by atoms with Crippen LogP contribution in [0.4, 0.5) is 0 Å². The maximum atomic E-state index is 11.5. The Morgan fingerprint density at radius 3 is 2.76 bits per heavy atom. The Hall–Kier alpha value is -2.24. The lowest BCUT2D eigenvalue weighted by Gasteiger charge is -2.24. The summed E-state index contributed by atoms with van der Waals surface area (Å²) in [6.45, 7) is 5.51. The molecule has 0 saturated heterocycles. The molecule has 0 amide bonds. The number of carbonyl (C=O) groups is 1. The molecule has 0 aliphatic heterocycles. The van der Waals surface area contributed by atoms with Crippen molar-refractivity contribution in [3.63, 3.8) is 0 Å². The molecule has 0 fully saturated rings. The van der Waals surface area contributed by atoms with Gasteiger partial charge in [-0.05, 0) is 42.7 Å². The van der Waals surface area contributed by atoms with E-state index >= 15 is 0 Å². The van der Waals surface area contributed by atoms with Crippen molar-refractivity contribution in [3.8, 4) is 0 Å². The number of benzene rings is 1. The molecule has 1 heterocycles. The fourth-order valence-corrected chi connectivity index (χ4v) is 2.26. The number of tetrazole rings is 1. The highest BCUT2D eigenvalue weighted by molar-refractivity contribution is 5.76. The van der Waals surface area contributed by atoms with Crippen molar-refractivity contribution in [2.24, 2.45) is 0 Å².